The molecule has 0 spiro atoms. The Hall–Kier alpha value is -0.200. The predicted octanol–water partition coefficient (Wildman–Crippen LogP) is -0.448. The lowest BCUT2D eigenvalue weighted by atomic mass is 10.1. The highest BCUT2D eigenvalue weighted by molar-refractivity contribution is 4.77. The van der Waals surface area contributed by atoms with E-state index >= 15 is 0 Å². The molecule has 0 fully saturated rings. The zero-order valence-electron chi connectivity index (χ0n) is 11.0. The molecule has 0 heterocycles. The summed E-state index contributed by atoms with van der Waals surface area (Å²) < 4.78 is 10.1. The first-order valence-electron chi connectivity index (χ1n) is 5.62. The van der Waals surface area contributed by atoms with E-state index in [0.29, 0.717) is 32.9 Å². The third kappa shape index (κ3) is 10.3. The zero-order chi connectivity index (χ0) is 12.4. The molecule has 0 saturated carbocycles. The van der Waals surface area contributed by atoms with Gasteiger partial charge in [0.2, 0.25) is 0 Å². The Morgan fingerprint density at radius 2 is 1.94 bits per heavy atom. The van der Waals surface area contributed by atoms with Crippen molar-refractivity contribution in [2.45, 2.75) is 12.5 Å². The Labute approximate surface area is 98.7 Å². The molecule has 0 aromatic rings. The fourth-order valence-corrected chi connectivity index (χ4v) is 1.48. The summed E-state index contributed by atoms with van der Waals surface area (Å²) in [7, 11) is 5.55. The van der Waals surface area contributed by atoms with Gasteiger partial charge in [0.15, 0.2) is 0 Å². The Kier molecular flexibility index (Phi) is 8.78. The second kappa shape index (κ2) is 8.90. The number of likely N-dealkylation sites (N-methyl/N-ethyl adjacent to an activating group) is 1. The molecular weight excluding hydrogens is 208 g/mol. The summed E-state index contributed by atoms with van der Waals surface area (Å²) in [5, 5.41) is 13.1. The van der Waals surface area contributed by atoms with Gasteiger partial charge in [0.1, 0.15) is 0 Å². The topological polar surface area (TPSA) is 54.0 Å². The van der Waals surface area contributed by atoms with Gasteiger partial charge in [-0.25, -0.2) is 0 Å². The van der Waals surface area contributed by atoms with Gasteiger partial charge < -0.3 is 24.8 Å². The predicted molar refractivity (Wildman–Crippen MR) is 64.7 cm³/mol. The van der Waals surface area contributed by atoms with Crippen molar-refractivity contribution in [2.75, 3.05) is 60.7 Å². The van der Waals surface area contributed by atoms with Crippen LogP contribution in [-0.4, -0.2) is 76.3 Å². The van der Waals surface area contributed by atoms with Crippen LogP contribution in [0.2, 0.25) is 0 Å². The van der Waals surface area contributed by atoms with Gasteiger partial charge in [-0.1, -0.05) is 0 Å². The molecule has 16 heavy (non-hydrogen) atoms. The zero-order valence-corrected chi connectivity index (χ0v) is 11.0. The molecule has 0 aliphatic rings. The summed E-state index contributed by atoms with van der Waals surface area (Å²) in [4.78, 5) is 1.97. The molecule has 0 bridgehead atoms. The van der Waals surface area contributed by atoms with E-state index in [1.165, 1.54) is 0 Å². The van der Waals surface area contributed by atoms with Crippen LogP contribution < -0.4 is 5.32 Å². The minimum absolute atomic E-state index is 0.568. The van der Waals surface area contributed by atoms with Gasteiger partial charge in [-0.05, 0) is 21.0 Å². The number of hydrogen-bond acceptors (Lipinski definition) is 5. The molecule has 0 aromatic heterocycles. The average Bonchev–Trinajstić information content (AvgIpc) is 2.14. The van der Waals surface area contributed by atoms with Crippen LogP contribution in [0.15, 0.2) is 0 Å². The van der Waals surface area contributed by atoms with Crippen molar-refractivity contribution < 1.29 is 14.6 Å². The number of nitrogens with one attached hydrogen (secondary N) is 1. The first kappa shape index (κ1) is 15.8. The molecule has 5 nitrogen and oxygen atoms in total. The number of hydrogen-bond donors (Lipinski definition) is 2. The Bertz CT molecular complexity index is 163. The van der Waals surface area contributed by atoms with Gasteiger partial charge in [0.25, 0.3) is 0 Å². The van der Waals surface area contributed by atoms with Crippen LogP contribution in [0, 0.1) is 0 Å². The molecule has 0 aromatic carbocycles. The van der Waals surface area contributed by atoms with Crippen molar-refractivity contribution in [1.29, 1.82) is 0 Å². The van der Waals surface area contributed by atoms with Gasteiger partial charge >= 0.3 is 0 Å². The Morgan fingerprint density at radius 3 is 2.50 bits per heavy atom. The maximum atomic E-state index is 9.96. The highest BCUT2D eigenvalue weighted by Gasteiger charge is 2.20. The second-order valence-electron chi connectivity index (χ2n) is 4.52. The fourth-order valence-electron chi connectivity index (χ4n) is 1.48. The third-order valence-electron chi connectivity index (χ3n) is 2.02. The standard InChI is InChI=1S/C11H26N2O3/c1-11(14,10-13(2)3)9-12-5-6-16-8-7-15-4/h12,14H,5-10H2,1-4H3. The van der Waals surface area contributed by atoms with Crippen LogP contribution in [0.5, 0.6) is 0 Å². The van der Waals surface area contributed by atoms with E-state index in [4.69, 9.17) is 9.47 Å². The largest absolute Gasteiger partial charge is 0.388 e. The molecule has 0 radical (unpaired) electrons. The van der Waals surface area contributed by atoms with Gasteiger partial charge in [-0.3, -0.25) is 0 Å². The minimum atomic E-state index is -0.698. The smallest absolute Gasteiger partial charge is 0.0869 e. The molecule has 98 valence electrons. The molecule has 2 N–H and O–H groups in total. The monoisotopic (exact) mass is 234 g/mol. The molecule has 1 unspecified atom stereocenters. The van der Waals surface area contributed by atoms with Crippen molar-refractivity contribution in [3.05, 3.63) is 0 Å². The van der Waals surface area contributed by atoms with Crippen LogP contribution in [0.25, 0.3) is 0 Å². The highest BCUT2D eigenvalue weighted by atomic mass is 16.5. The minimum Gasteiger partial charge on any atom is -0.388 e. The molecule has 1 atom stereocenters. The van der Waals surface area contributed by atoms with Crippen molar-refractivity contribution in [1.82, 2.24) is 10.2 Å². The number of ether oxygens (including phenoxy) is 2. The van der Waals surface area contributed by atoms with E-state index in [1.807, 2.05) is 25.9 Å². The molecule has 0 rings (SSSR count). The molecule has 5 heteroatoms. The van der Waals surface area contributed by atoms with Gasteiger partial charge in [0.05, 0.1) is 25.4 Å². The van der Waals surface area contributed by atoms with Crippen LogP contribution in [0.4, 0.5) is 0 Å². The highest BCUT2D eigenvalue weighted by Crippen LogP contribution is 2.01. The van der Waals surface area contributed by atoms with Crippen molar-refractivity contribution in [3.63, 3.8) is 0 Å². The van der Waals surface area contributed by atoms with Crippen LogP contribution in [-0.2, 0) is 9.47 Å². The van der Waals surface area contributed by atoms with E-state index in [1.54, 1.807) is 7.11 Å². The van der Waals surface area contributed by atoms with Crippen LogP contribution >= 0.6 is 0 Å². The van der Waals surface area contributed by atoms with E-state index in [2.05, 4.69) is 5.32 Å². The fraction of sp³-hybridized carbons (Fsp3) is 1.00. The second-order valence-corrected chi connectivity index (χ2v) is 4.52. The van der Waals surface area contributed by atoms with Gasteiger partial charge in [-0.15, -0.1) is 0 Å². The maximum absolute atomic E-state index is 9.96. The summed E-state index contributed by atoms with van der Waals surface area (Å²) in [6.07, 6.45) is 0. The first-order valence-corrected chi connectivity index (χ1v) is 5.62. The summed E-state index contributed by atoms with van der Waals surface area (Å²) in [6.45, 7) is 5.66. The van der Waals surface area contributed by atoms with Gasteiger partial charge in [-0.2, -0.15) is 0 Å². The van der Waals surface area contributed by atoms with E-state index in [0.717, 1.165) is 6.54 Å². The quantitative estimate of drug-likeness (QED) is 0.502. The van der Waals surface area contributed by atoms with Crippen molar-refractivity contribution >= 4 is 0 Å². The van der Waals surface area contributed by atoms with Gasteiger partial charge in [0, 0.05) is 26.7 Å². The number of nitrogens with zero attached hydrogens (tertiary/aromatic N) is 1. The van der Waals surface area contributed by atoms with E-state index in [9.17, 15) is 5.11 Å². The molecule has 0 amide bonds. The lowest BCUT2D eigenvalue weighted by molar-refractivity contribution is 0.0297. The summed E-state index contributed by atoms with van der Waals surface area (Å²) in [6, 6.07) is 0. The van der Waals surface area contributed by atoms with Crippen molar-refractivity contribution in [2.24, 2.45) is 0 Å². The summed E-state index contributed by atoms with van der Waals surface area (Å²) in [5.41, 5.74) is -0.698. The van der Waals surface area contributed by atoms with Crippen LogP contribution in [0.3, 0.4) is 0 Å². The number of rotatable bonds is 10. The van der Waals surface area contributed by atoms with Crippen molar-refractivity contribution in [3.8, 4) is 0 Å². The lowest BCUT2D eigenvalue weighted by Crippen LogP contribution is -2.46. The number of aliphatic hydroxyl groups is 1. The summed E-state index contributed by atoms with van der Waals surface area (Å²) >= 11 is 0. The number of methoxy groups -OCH3 is 1. The molecule has 0 aliphatic carbocycles. The summed E-state index contributed by atoms with van der Waals surface area (Å²) in [5.74, 6) is 0. The SMILES string of the molecule is COCCOCCNCC(C)(O)CN(C)C. The first-order chi connectivity index (χ1) is 7.48. The van der Waals surface area contributed by atoms with Crippen LogP contribution in [0.1, 0.15) is 6.92 Å². The molecular formula is C11H26N2O3. The van der Waals surface area contributed by atoms with E-state index < -0.39 is 5.60 Å². The molecule has 0 saturated heterocycles. The Balaban J connectivity index is 3.36. The Morgan fingerprint density at radius 1 is 1.25 bits per heavy atom. The molecule has 0 aliphatic heterocycles. The maximum Gasteiger partial charge on any atom is 0.0869 e. The normalized spacial score (nSPS) is 15.4. The third-order valence-corrected chi connectivity index (χ3v) is 2.02. The average molecular weight is 234 g/mol. The lowest BCUT2D eigenvalue weighted by Gasteiger charge is -2.27. The van der Waals surface area contributed by atoms with E-state index in [-0.39, 0.29) is 0 Å².